The summed E-state index contributed by atoms with van der Waals surface area (Å²) in [5.41, 5.74) is 1.83. The van der Waals surface area contributed by atoms with Gasteiger partial charge in [0.2, 0.25) is 0 Å². The third-order valence-corrected chi connectivity index (χ3v) is 3.64. The van der Waals surface area contributed by atoms with E-state index in [0.29, 0.717) is 30.2 Å². The normalized spacial score (nSPS) is 13.2. The lowest BCUT2D eigenvalue weighted by Crippen LogP contribution is -2.38. The van der Waals surface area contributed by atoms with Crippen molar-refractivity contribution in [2.75, 3.05) is 18.1 Å². The van der Waals surface area contributed by atoms with Crippen LogP contribution in [0.2, 0.25) is 0 Å². The van der Waals surface area contributed by atoms with Crippen molar-refractivity contribution in [3.8, 4) is 5.75 Å². The van der Waals surface area contributed by atoms with Gasteiger partial charge in [-0.25, -0.2) is 0 Å². The number of ether oxygens (including phenoxy) is 1. The standard InChI is InChI=1S/C16H14N2O4/c1-11-4-2-3-5-13(11)16(19)17-8-9-22-15-7-6-12(18(20)21)10-14(15)17/h2-7,10H,8-9H2,1H3. The van der Waals surface area contributed by atoms with Crippen LogP contribution in [0, 0.1) is 17.0 Å². The van der Waals surface area contributed by atoms with Gasteiger partial charge in [-0.05, 0) is 24.6 Å². The van der Waals surface area contributed by atoms with Crippen molar-refractivity contribution in [2.24, 2.45) is 0 Å². The molecule has 0 saturated heterocycles. The van der Waals surface area contributed by atoms with E-state index >= 15 is 0 Å². The number of nitro groups is 1. The van der Waals surface area contributed by atoms with E-state index in [9.17, 15) is 14.9 Å². The zero-order valence-corrected chi connectivity index (χ0v) is 12.0. The quantitative estimate of drug-likeness (QED) is 0.631. The molecule has 0 spiro atoms. The Bertz CT molecular complexity index is 758. The largest absolute Gasteiger partial charge is 0.490 e. The summed E-state index contributed by atoms with van der Waals surface area (Å²) in [5, 5.41) is 10.9. The minimum absolute atomic E-state index is 0.0631. The molecule has 3 rings (SSSR count). The van der Waals surface area contributed by atoms with E-state index in [4.69, 9.17) is 4.74 Å². The second-order valence-electron chi connectivity index (χ2n) is 5.03. The van der Waals surface area contributed by atoms with Gasteiger partial charge in [-0.15, -0.1) is 0 Å². The summed E-state index contributed by atoms with van der Waals surface area (Å²) in [4.78, 5) is 24.8. The third-order valence-electron chi connectivity index (χ3n) is 3.64. The van der Waals surface area contributed by atoms with Crippen molar-refractivity contribution in [1.82, 2.24) is 0 Å². The topological polar surface area (TPSA) is 72.7 Å². The van der Waals surface area contributed by atoms with Gasteiger partial charge < -0.3 is 9.64 Å². The van der Waals surface area contributed by atoms with Gasteiger partial charge >= 0.3 is 0 Å². The molecule has 1 amide bonds. The van der Waals surface area contributed by atoms with Crippen LogP contribution in [0.5, 0.6) is 5.75 Å². The number of nitro benzene ring substituents is 1. The molecular formula is C16H14N2O4. The first kappa shape index (κ1) is 14.1. The minimum Gasteiger partial charge on any atom is -0.490 e. The van der Waals surface area contributed by atoms with Crippen LogP contribution >= 0.6 is 0 Å². The predicted octanol–water partition coefficient (Wildman–Crippen LogP) is 2.94. The van der Waals surface area contributed by atoms with Crippen molar-refractivity contribution in [2.45, 2.75) is 6.92 Å². The van der Waals surface area contributed by atoms with Crippen molar-refractivity contribution in [3.05, 3.63) is 63.7 Å². The molecule has 0 aromatic heterocycles. The Morgan fingerprint density at radius 3 is 2.77 bits per heavy atom. The number of hydrogen-bond donors (Lipinski definition) is 0. The molecule has 2 aromatic carbocycles. The van der Waals surface area contributed by atoms with Gasteiger partial charge in [-0.2, -0.15) is 0 Å². The number of non-ortho nitro benzene ring substituents is 1. The third kappa shape index (κ3) is 2.39. The molecule has 1 aliphatic heterocycles. The Labute approximate surface area is 127 Å². The molecule has 1 aliphatic rings. The van der Waals surface area contributed by atoms with Crippen LogP contribution in [0.3, 0.4) is 0 Å². The Kier molecular flexibility index (Phi) is 3.50. The molecule has 0 atom stereocenters. The number of carbonyl (C=O) groups is 1. The number of anilines is 1. The van der Waals surface area contributed by atoms with Crippen LogP contribution in [0.1, 0.15) is 15.9 Å². The number of benzene rings is 2. The van der Waals surface area contributed by atoms with Gasteiger partial charge in [0, 0.05) is 17.7 Å². The van der Waals surface area contributed by atoms with Gasteiger partial charge in [-0.3, -0.25) is 14.9 Å². The second kappa shape index (κ2) is 5.48. The van der Waals surface area contributed by atoms with Crippen LogP contribution in [0.15, 0.2) is 42.5 Å². The van der Waals surface area contributed by atoms with E-state index in [2.05, 4.69) is 0 Å². The maximum Gasteiger partial charge on any atom is 0.271 e. The summed E-state index contributed by atoms with van der Waals surface area (Å²) in [6.45, 7) is 2.59. The Morgan fingerprint density at radius 2 is 2.05 bits per heavy atom. The molecule has 6 nitrogen and oxygen atoms in total. The van der Waals surface area contributed by atoms with Crippen molar-refractivity contribution >= 4 is 17.3 Å². The maximum atomic E-state index is 12.8. The Balaban J connectivity index is 2.04. The summed E-state index contributed by atoms with van der Waals surface area (Å²) < 4.78 is 5.49. The van der Waals surface area contributed by atoms with Gasteiger partial charge in [0.25, 0.3) is 11.6 Å². The molecule has 0 unspecified atom stereocenters. The first-order valence-electron chi connectivity index (χ1n) is 6.86. The van der Waals surface area contributed by atoms with Gasteiger partial charge in [0.1, 0.15) is 12.4 Å². The highest BCUT2D eigenvalue weighted by atomic mass is 16.6. The summed E-state index contributed by atoms with van der Waals surface area (Å²) in [7, 11) is 0. The zero-order chi connectivity index (χ0) is 15.7. The smallest absolute Gasteiger partial charge is 0.271 e. The lowest BCUT2D eigenvalue weighted by Gasteiger charge is -2.29. The Hall–Kier alpha value is -2.89. The van der Waals surface area contributed by atoms with E-state index in [0.717, 1.165) is 5.56 Å². The minimum atomic E-state index is -0.481. The number of aryl methyl sites for hydroxylation is 1. The first-order valence-corrected chi connectivity index (χ1v) is 6.86. The molecule has 0 aliphatic carbocycles. The molecule has 0 fully saturated rings. The van der Waals surface area contributed by atoms with Gasteiger partial charge in [0.15, 0.2) is 0 Å². The number of hydrogen-bond acceptors (Lipinski definition) is 4. The molecule has 0 bridgehead atoms. The number of carbonyl (C=O) groups excluding carboxylic acids is 1. The van der Waals surface area contributed by atoms with Crippen LogP contribution in [-0.4, -0.2) is 24.0 Å². The summed E-state index contributed by atoms with van der Waals surface area (Å²) in [6.07, 6.45) is 0. The fourth-order valence-electron chi connectivity index (χ4n) is 2.49. The molecular weight excluding hydrogens is 284 g/mol. The van der Waals surface area contributed by atoms with E-state index < -0.39 is 4.92 Å². The number of rotatable bonds is 2. The van der Waals surface area contributed by atoms with E-state index in [1.54, 1.807) is 12.1 Å². The molecule has 2 aromatic rings. The van der Waals surface area contributed by atoms with Crippen molar-refractivity contribution in [1.29, 1.82) is 0 Å². The van der Waals surface area contributed by atoms with E-state index in [-0.39, 0.29) is 11.6 Å². The molecule has 112 valence electrons. The van der Waals surface area contributed by atoms with Crippen molar-refractivity contribution < 1.29 is 14.5 Å². The summed E-state index contributed by atoms with van der Waals surface area (Å²) in [6, 6.07) is 11.6. The highest BCUT2D eigenvalue weighted by Crippen LogP contribution is 2.35. The van der Waals surface area contributed by atoms with E-state index in [1.165, 1.54) is 23.1 Å². The first-order chi connectivity index (χ1) is 10.6. The molecule has 22 heavy (non-hydrogen) atoms. The van der Waals surface area contributed by atoms with Gasteiger partial charge in [-0.1, -0.05) is 18.2 Å². The highest BCUT2D eigenvalue weighted by Gasteiger charge is 2.27. The maximum absolute atomic E-state index is 12.8. The van der Waals surface area contributed by atoms with Crippen LogP contribution in [0.4, 0.5) is 11.4 Å². The van der Waals surface area contributed by atoms with Crippen LogP contribution < -0.4 is 9.64 Å². The molecule has 0 N–H and O–H groups in total. The number of fused-ring (bicyclic) bond motifs is 1. The fraction of sp³-hybridized carbons (Fsp3) is 0.188. The fourth-order valence-corrected chi connectivity index (χ4v) is 2.49. The molecule has 6 heteroatoms. The SMILES string of the molecule is Cc1ccccc1C(=O)N1CCOc2ccc([N+](=O)[O-])cc21. The second-order valence-corrected chi connectivity index (χ2v) is 5.03. The zero-order valence-electron chi connectivity index (χ0n) is 12.0. The molecule has 0 radical (unpaired) electrons. The van der Waals surface area contributed by atoms with Crippen molar-refractivity contribution in [3.63, 3.8) is 0 Å². The number of amides is 1. The Morgan fingerprint density at radius 1 is 1.27 bits per heavy atom. The molecule has 1 heterocycles. The van der Waals surface area contributed by atoms with Gasteiger partial charge in [0.05, 0.1) is 17.2 Å². The molecule has 0 saturated carbocycles. The lowest BCUT2D eigenvalue weighted by molar-refractivity contribution is -0.384. The summed E-state index contributed by atoms with van der Waals surface area (Å²) >= 11 is 0. The highest BCUT2D eigenvalue weighted by molar-refractivity contribution is 6.08. The van der Waals surface area contributed by atoms with Crippen LogP contribution in [-0.2, 0) is 0 Å². The average molecular weight is 298 g/mol. The number of nitrogens with zero attached hydrogens (tertiary/aromatic N) is 2. The monoisotopic (exact) mass is 298 g/mol. The van der Waals surface area contributed by atoms with Crippen LogP contribution in [0.25, 0.3) is 0 Å². The predicted molar refractivity (Wildman–Crippen MR) is 81.4 cm³/mol. The summed E-state index contributed by atoms with van der Waals surface area (Å²) in [5.74, 6) is 0.307. The average Bonchev–Trinajstić information content (AvgIpc) is 2.53. The van der Waals surface area contributed by atoms with E-state index in [1.807, 2.05) is 19.1 Å². The lowest BCUT2D eigenvalue weighted by atomic mass is 10.1.